The van der Waals surface area contributed by atoms with E-state index in [4.69, 9.17) is 0 Å². The Hall–Kier alpha value is -2.97. The van der Waals surface area contributed by atoms with Crippen molar-refractivity contribution in [2.24, 2.45) is 0 Å². The van der Waals surface area contributed by atoms with E-state index in [2.05, 4.69) is 10.3 Å². The zero-order valence-electron chi connectivity index (χ0n) is 15.7. The molecule has 0 aliphatic rings. The van der Waals surface area contributed by atoms with Crippen LogP contribution in [0.3, 0.4) is 0 Å². The SMILES string of the molecule is Cc1ccc(S(=O)(=O)CCC(=O)Nc2ccc(-c3cn4ccsc4n3)cc2)cc1. The fourth-order valence-electron chi connectivity index (χ4n) is 2.90. The lowest BCUT2D eigenvalue weighted by Crippen LogP contribution is -2.17. The maximum Gasteiger partial charge on any atom is 0.225 e. The third-order valence-electron chi connectivity index (χ3n) is 4.54. The van der Waals surface area contributed by atoms with Crippen molar-refractivity contribution in [3.8, 4) is 11.3 Å². The minimum absolute atomic E-state index is 0.102. The highest BCUT2D eigenvalue weighted by Gasteiger charge is 2.16. The van der Waals surface area contributed by atoms with Gasteiger partial charge < -0.3 is 5.32 Å². The van der Waals surface area contributed by atoms with Crippen molar-refractivity contribution >= 4 is 37.7 Å². The average molecular weight is 426 g/mol. The zero-order valence-corrected chi connectivity index (χ0v) is 17.3. The van der Waals surface area contributed by atoms with E-state index in [-0.39, 0.29) is 23.0 Å². The molecular formula is C21H19N3O3S2. The van der Waals surface area contributed by atoms with Crippen LogP contribution in [0.15, 0.2) is 71.2 Å². The Labute approximate surface area is 172 Å². The molecule has 6 nitrogen and oxygen atoms in total. The van der Waals surface area contributed by atoms with Gasteiger partial charge in [0.05, 0.1) is 16.3 Å². The molecule has 4 aromatic rings. The number of sulfone groups is 1. The summed E-state index contributed by atoms with van der Waals surface area (Å²) in [6.07, 6.45) is 3.81. The van der Waals surface area contributed by atoms with Gasteiger partial charge in [-0.3, -0.25) is 9.20 Å². The summed E-state index contributed by atoms with van der Waals surface area (Å²) >= 11 is 1.57. The normalized spacial score (nSPS) is 11.6. The largest absolute Gasteiger partial charge is 0.326 e. The maximum atomic E-state index is 12.4. The van der Waals surface area contributed by atoms with Crippen molar-refractivity contribution in [3.63, 3.8) is 0 Å². The number of aromatic nitrogens is 2. The first kappa shape index (κ1) is 19.4. The van der Waals surface area contributed by atoms with Crippen LogP contribution in [-0.2, 0) is 14.6 Å². The number of rotatable bonds is 6. The first-order valence-corrected chi connectivity index (χ1v) is 11.6. The Morgan fingerprint density at radius 2 is 1.83 bits per heavy atom. The second-order valence-electron chi connectivity index (χ2n) is 6.73. The van der Waals surface area contributed by atoms with Crippen LogP contribution in [0.25, 0.3) is 16.2 Å². The first-order valence-electron chi connectivity index (χ1n) is 9.03. The number of amides is 1. The standard InChI is InChI=1S/C21H19N3O3S2/c1-15-2-8-18(9-3-15)29(26,27)13-10-20(25)22-17-6-4-16(5-7-17)19-14-24-11-12-28-21(24)23-19/h2-9,11-12,14H,10,13H2,1H3,(H,22,25). The predicted molar refractivity (Wildman–Crippen MR) is 115 cm³/mol. The van der Waals surface area contributed by atoms with Gasteiger partial charge in [0.2, 0.25) is 5.91 Å². The van der Waals surface area contributed by atoms with Crippen molar-refractivity contribution in [2.45, 2.75) is 18.2 Å². The molecule has 0 bridgehead atoms. The molecule has 0 radical (unpaired) electrons. The number of aryl methyl sites for hydroxylation is 1. The summed E-state index contributed by atoms with van der Waals surface area (Å²) < 4.78 is 26.7. The average Bonchev–Trinajstić information content (AvgIpc) is 3.30. The molecule has 1 amide bonds. The van der Waals surface area contributed by atoms with Gasteiger partial charge in [-0.05, 0) is 31.2 Å². The molecule has 0 atom stereocenters. The lowest BCUT2D eigenvalue weighted by Gasteiger charge is -2.07. The van der Waals surface area contributed by atoms with Crippen molar-refractivity contribution < 1.29 is 13.2 Å². The van der Waals surface area contributed by atoms with E-state index in [0.29, 0.717) is 5.69 Å². The van der Waals surface area contributed by atoms with Gasteiger partial charge in [-0.1, -0.05) is 29.8 Å². The van der Waals surface area contributed by atoms with Crippen LogP contribution in [0, 0.1) is 6.92 Å². The van der Waals surface area contributed by atoms with Crippen molar-refractivity contribution in [1.82, 2.24) is 9.38 Å². The summed E-state index contributed by atoms with van der Waals surface area (Å²) in [5.74, 6) is -0.568. The summed E-state index contributed by atoms with van der Waals surface area (Å²) in [7, 11) is -3.48. The van der Waals surface area contributed by atoms with Gasteiger partial charge in [-0.15, -0.1) is 11.3 Å². The highest BCUT2D eigenvalue weighted by molar-refractivity contribution is 7.91. The minimum atomic E-state index is -3.48. The summed E-state index contributed by atoms with van der Waals surface area (Å²) in [5, 5.41) is 4.72. The number of hydrogen-bond donors (Lipinski definition) is 1. The molecule has 2 heterocycles. The van der Waals surface area contributed by atoms with Crippen LogP contribution in [-0.4, -0.2) is 29.5 Å². The quantitative estimate of drug-likeness (QED) is 0.503. The number of thiazole rings is 1. The Morgan fingerprint density at radius 1 is 1.10 bits per heavy atom. The van der Waals surface area contributed by atoms with E-state index in [1.807, 2.05) is 41.2 Å². The highest BCUT2D eigenvalue weighted by Crippen LogP contribution is 2.23. The number of carbonyl (C=O) groups excluding carboxylic acids is 1. The van der Waals surface area contributed by atoms with Crippen LogP contribution in [0.4, 0.5) is 5.69 Å². The van der Waals surface area contributed by atoms with E-state index in [1.54, 1.807) is 47.7 Å². The van der Waals surface area contributed by atoms with Gasteiger partial charge in [0.1, 0.15) is 0 Å². The molecule has 0 spiro atoms. The van der Waals surface area contributed by atoms with Crippen LogP contribution < -0.4 is 5.32 Å². The smallest absolute Gasteiger partial charge is 0.225 e. The first-order chi connectivity index (χ1) is 13.9. The number of hydrogen-bond acceptors (Lipinski definition) is 5. The molecule has 148 valence electrons. The van der Waals surface area contributed by atoms with Crippen LogP contribution in [0.1, 0.15) is 12.0 Å². The molecule has 0 unspecified atom stereocenters. The Morgan fingerprint density at radius 3 is 2.52 bits per heavy atom. The number of anilines is 1. The second kappa shape index (κ2) is 7.81. The molecule has 2 aromatic carbocycles. The molecule has 8 heteroatoms. The molecule has 0 aliphatic carbocycles. The van der Waals surface area contributed by atoms with E-state index in [9.17, 15) is 13.2 Å². The number of benzene rings is 2. The molecule has 2 aromatic heterocycles. The van der Waals surface area contributed by atoms with Crippen molar-refractivity contribution in [3.05, 3.63) is 71.9 Å². The molecule has 0 fully saturated rings. The summed E-state index contributed by atoms with van der Waals surface area (Å²) in [6, 6.07) is 14.0. The zero-order chi connectivity index (χ0) is 20.4. The van der Waals surface area contributed by atoms with Gasteiger partial charge >= 0.3 is 0 Å². The fraction of sp³-hybridized carbons (Fsp3) is 0.143. The van der Waals surface area contributed by atoms with Gasteiger partial charge in [-0.2, -0.15) is 0 Å². The Balaban J connectivity index is 1.37. The molecule has 29 heavy (non-hydrogen) atoms. The summed E-state index contributed by atoms with van der Waals surface area (Å²) in [5.41, 5.74) is 3.41. The number of carbonyl (C=O) groups is 1. The van der Waals surface area contributed by atoms with E-state index < -0.39 is 9.84 Å². The fourth-order valence-corrected chi connectivity index (χ4v) is 4.85. The topological polar surface area (TPSA) is 80.5 Å². The highest BCUT2D eigenvalue weighted by atomic mass is 32.2. The minimum Gasteiger partial charge on any atom is -0.326 e. The molecule has 0 saturated heterocycles. The maximum absolute atomic E-state index is 12.4. The van der Waals surface area contributed by atoms with E-state index in [1.165, 1.54) is 0 Å². The van der Waals surface area contributed by atoms with Gasteiger partial charge in [0, 0.05) is 35.4 Å². The van der Waals surface area contributed by atoms with Crippen LogP contribution in [0.2, 0.25) is 0 Å². The summed E-state index contributed by atoms with van der Waals surface area (Å²) in [6.45, 7) is 1.89. The molecule has 1 N–H and O–H groups in total. The summed E-state index contributed by atoms with van der Waals surface area (Å²) in [4.78, 5) is 17.9. The number of imidazole rings is 1. The molecule has 4 rings (SSSR count). The second-order valence-corrected chi connectivity index (χ2v) is 9.71. The third kappa shape index (κ3) is 4.38. The van der Waals surface area contributed by atoms with Gasteiger partial charge in [-0.25, -0.2) is 13.4 Å². The number of fused-ring (bicyclic) bond motifs is 1. The van der Waals surface area contributed by atoms with Crippen molar-refractivity contribution in [2.75, 3.05) is 11.1 Å². The molecular weight excluding hydrogens is 406 g/mol. The Bertz CT molecular complexity index is 1230. The van der Waals surface area contributed by atoms with Gasteiger partial charge in [0.15, 0.2) is 14.8 Å². The van der Waals surface area contributed by atoms with Crippen LogP contribution in [0.5, 0.6) is 0 Å². The number of nitrogens with zero attached hydrogens (tertiary/aromatic N) is 2. The predicted octanol–water partition coefficient (Wildman–Crippen LogP) is 4.17. The monoisotopic (exact) mass is 425 g/mol. The van der Waals surface area contributed by atoms with E-state index in [0.717, 1.165) is 21.8 Å². The third-order valence-corrected chi connectivity index (χ3v) is 7.04. The lowest BCUT2D eigenvalue weighted by atomic mass is 10.1. The van der Waals surface area contributed by atoms with Gasteiger partial charge in [0.25, 0.3) is 0 Å². The van der Waals surface area contributed by atoms with Crippen LogP contribution >= 0.6 is 11.3 Å². The molecule has 0 aliphatic heterocycles. The Kier molecular flexibility index (Phi) is 5.21. The lowest BCUT2D eigenvalue weighted by molar-refractivity contribution is -0.115. The number of nitrogens with one attached hydrogen (secondary N) is 1. The molecule has 0 saturated carbocycles. The van der Waals surface area contributed by atoms with E-state index >= 15 is 0 Å². The van der Waals surface area contributed by atoms with Crippen molar-refractivity contribution in [1.29, 1.82) is 0 Å².